The Labute approximate surface area is 166 Å². The monoisotopic (exact) mass is 376 g/mol. The number of rotatable bonds is 5. The summed E-state index contributed by atoms with van der Waals surface area (Å²) in [5, 5.41) is 9.32. The SMILES string of the molecule is C/C(=C(\C#N)C(N)=S)N1CCN(C(c2ccccc2)c2ccccc2)CC1. The molecule has 0 radical (unpaired) electrons. The van der Waals surface area contributed by atoms with Crippen LogP contribution in [0.25, 0.3) is 0 Å². The molecule has 4 nitrogen and oxygen atoms in total. The maximum atomic E-state index is 9.32. The molecule has 1 aliphatic rings. The molecule has 2 aromatic carbocycles. The van der Waals surface area contributed by atoms with Gasteiger partial charge in [-0.3, -0.25) is 4.90 Å². The molecule has 3 rings (SSSR count). The lowest BCUT2D eigenvalue weighted by Gasteiger charge is -2.41. The Balaban J connectivity index is 1.82. The van der Waals surface area contributed by atoms with Crippen LogP contribution < -0.4 is 5.73 Å². The molecule has 0 bridgehead atoms. The van der Waals surface area contributed by atoms with Crippen LogP contribution >= 0.6 is 12.2 Å². The van der Waals surface area contributed by atoms with E-state index in [9.17, 15) is 5.26 Å². The van der Waals surface area contributed by atoms with Gasteiger partial charge in [-0.05, 0) is 18.1 Å². The summed E-state index contributed by atoms with van der Waals surface area (Å²) in [6, 6.07) is 23.6. The van der Waals surface area contributed by atoms with E-state index in [1.165, 1.54) is 11.1 Å². The number of hydrogen-bond acceptors (Lipinski definition) is 4. The first-order chi connectivity index (χ1) is 13.1. The predicted octanol–water partition coefficient (Wildman–Crippen LogP) is 3.48. The van der Waals surface area contributed by atoms with Crippen molar-refractivity contribution in [1.29, 1.82) is 5.26 Å². The average Bonchev–Trinajstić information content (AvgIpc) is 2.70. The summed E-state index contributed by atoms with van der Waals surface area (Å²) < 4.78 is 0. The molecule has 1 aliphatic heterocycles. The van der Waals surface area contributed by atoms with Crippen molar-refractivity contribution in [3.8, 4) is 6.07 Å². The van der Waals surface area contributed by atoms with Crippen molar-refractivity contribution in [1.82, 2.24) is 9.80 Å². The van der Waals surface area contributed by atoms with Gasteiger partial charge in [0.25, 0.3) is 0 Å². The molecule has 1 heterocycles. The summed E-state index contributed by atoms with van der Waals surface area (Å²) in [7, 11) is 0. The molecule has 0 aromatic heterocycles. The van der Waals surface area contributed by atoms with E-state index in [-0.39, 0.29) is 11.0 Å². The Morgan fingerprint density at radius 1 is 0.963 bits per heavy atom. The fourth-order valence-electron chi connectivity index (χ4n) is 3.67. The van der Waals surface area contributed by atoms with Gasteiger partial charge in [0.2, 0.25) is 0 Å². The van der Waals surface area contributed by atoms with Gasteiger partial charge in [-0.2, -0.15) is 5.26 Å². The number of nitrogens with zero attached hydrogens (tertiary/aromatic N) is 3. The van der Waals surface area contributed by atoms with Crippen molar-refractivity contribution in [3.63, 3.8) is 0 Å². The molecule has 138 valence electrons. The normalized spacial score (nSPS) is 16.0. The Hall–Kier alpha value is -2.68. The van der Waals surface area contributed by atoms with Gasteiger partial charge in [0.1, 0.15) is 16.6 Å². The molecule has 0 atom stereocenters. The second-order valence-corrected chi connectivity index (χ2v) is 7.12. The van der Waals surface area contributed by atoms with E-state index in [0.717, 1.165) is 31.9 Å². The zero-order chi connectivity index (χ0) is 19.2. The van der Waals surface area contributed by atoms with E-state index in [1.807, 2.05) is 6.92 Å². The predicted molar refractivity (Wildman–Crippen MR) is 113 cm³/mol. The highest BCUT2D eigenvalue weighted by Gasteiger charge is 2.27. The molecule has 0 spiro atoms. The first-order valence-corrected chi connectivity index (χ1v) is 9.52. The van der Waals surface area contributed by atoms with Crippen LogP contribution in [0.15, 0.2) is 71.9 Å². The lowest BCUT2D eigenvalue weighted by atomic mass is 9.96. The van der Waals surface area contributed by atoms with Crippen LogP contribution in [0.4, 0.5) is 0 Å². The standard InChI is InChI=1S/C22H24N4S/c1-17(20(16-23)22(24)27)25-12-14-26(15-13-25)21(18-8-4-2-5-9-18)19-10-6-3-7-11-19/h2-11,21H,12-15H2,1H3,(H2,24,27)/b20-17-. The lowest BCUT2D eigenvalue weighted by Crippen LogP contribution is -2.47. The van der Waals surface area contributed by atoms with Gasteiger partial charge in [0, 0.05) is 31.9 Å². The van der Waals surface area contributed by atoms with Crippen LogP contribution in [-0.4, -0.2) is 41.0 Å². The minimum absolute atomic E-state index is 0.170. The van der Waals surface area contributed by atoms with Crippen LogP contribution in [0.1, 0.15) is 24.1 Å². The number of piperazine rings is 1. The number of hydrogen-bond donors (Lipinski definition) is 1. The summed E-state index contributed by atoms with van der Waals surface area (Å²) >= 11 is 5.01. The van der Waals surface area contributed by atoms with Crippen molar-refractivity contribution >= 4 is 17.2 Å². The number of nitriles is 1. The molecule has 0 unspecified atom stereocenters. The van der Waals surface area contributed by atoms with Gasteiger partial charge in [0.15, 0.2) is 0 Å². The lowest BCUT2D eigenvalue weighted by molar-refractivity contribution is 0.131. The zero-order valence-electron chi connectivity index (χ0n) is 15.5. The van der Waals surface area contributed by atoms with Crippen molar-refractivity contribution in [3.05, 3.63) is 83.1 Å². The molecule has 1 saturated heterocycles. The highest BCUT2D eigenvalue weighted by Crippen LogP contribution is 2.30. The maximum absolute atomic E-state index is 9.32. The fraction of sp³-hybridized carbons (Fsp3) is 0.273. The number of benzene rings is 2. The largest absolute Gasteiger partial charge is 0.389 e. The molecular weight excluding hydrogens is 352 g/mol. The molecule has 1 fully saturated rings. The fourth-order valence-corrected chi connectivity index (χ4v) is 3.87. The van der Waals surface area contributed by atoms with E-state index >= 15 is 0 Å². The summed E-state index contributed by atoms with van der Waals surface area (Å²) in [4.78, 5) is 4.88. The third kappa shape index (κ3) is 4.36. The van der Waals surface area contributed by atoms with Gasteiger partial charge in [-0.1, -0.05) is 72.9 Å². The number of allylic oxidation sites excluding steroid dienone is 1. The van der Waals surface area contributed by atoms with E-state index in [2.05, 4.69) is 76.5 Å². The number of nitrogens with two attached hydrogens (primary N) is 1. The smallest absolute Gasteiger partial charge is 0.116 e. The van der Waals surface area contributed by atoms with E-state index in [4.69, 9.17) is 18.0 Å². The summed E-state index contributed by atoms with van der Waals surface area (Å²) in [5.74, 6) is 0. The number of thiocarbonyl (C=S) groups is 1. The molecule has 27 heavy (non-hydrogen) atoms. The second kappa shape index (κ2) is 8.81. The molecule has 2 N–H and O–H groups in total. The van der Waals surface area contributed by atoms with E-state index in [1.54, 1.807) is 0 Å². The molecule has 0 amide bonds. The van der Waals surface area contributed by atoms with Crippen molar-refractivity contribution in [2.75, 3.05) is 26.2 Å². The van der Waals surface area contributed by atoms with Crippen LogP contribution in [-0.2, 0) is 0 Å². The molecular formula is C22H24N4S. The van der Waals surface area contributed by atoms with Crippen molar-refractivity contribution < 1.29 is 0 Å². The van der Waals surface area contributed by atoms with Crippen LogP contribution in [0.3, 0.4) is 0 Å². The van der Waals surface area contributed by atoms with Crippen molar-refractivity contribution in [2.24, 2.45) is 5.73 Å². The Morgan fingerprint density at radius 2 is 1.44 bits per heavy atom. The topological polar surface area (TPSA) is 56.3 Å². The Kier molecular flexibility index (Phi) is 6.23. The summed E-state index contributed by atoms with van der Waals surface area (Å²) in [5.41, 5.74) is 9.58. The molecule has 5 heteroatoms. The van der Waals surface area contributed by atoms with Crippen LogP contribution in [0, 0.1) is 11.3 Å². The summed E-state index contributed by atoms with van der Waals surface area (Å²) in [6.45, 7) is 5.43. The minimum atomic E-state index is 0.170. The zero-order valence-corrected chi connectivity index (χ0v) is 16.3. The minimum Gasteiger partial charge on any atom is -0.389 e. The quantitative estimate of drug-likeness (QED) is 0.492. The van der Waals surface area contributed by atoms with Gasteiger partial charge in [-0.15, -0.1) is 0 Å². The first-order valence-electron chi connectivity index (χ1n) is 9.11. The first kappa shape index (κ1) is 19.1. The highest BCUT2D eigenvalue weighted by atomic mass is 32.1. The Morgan fingerprint density at radius 3 is 1.85 bits per heavy atom. The molecule has 0 saturated carbocycles. The van der Waals surface area contributed by atoms with Gasteiger partial charge in [0.05, 0.1) is 6.04 Å². The van der Waals surface area contributed by atoms with Crippen LogP contribution in [0.5, 0.6) is 0 Å². The molecule has 0 aliphatic carbocycles. The van der Waals surface area contributed by atoms with Crippen LogP contribution in [0.2, 0.25) is 0 Å². The van der Waals surface area contributed by atoms with E-state index < -0.39 is 0 Å². The Bertz CT molecular complexity index is 807. The van der Waals surface area contributed by atoms with Crippen molar-refractivity contribution in [2.45, 2.75) is 13.0 Å². The summed E-state index contributed by atoms with van der Waals surface area (Å²) in [6.07, 6.45) is 0. The third-order valence-corrected chi connectivity index (χ3v) is 5.31. The van der Waals surface area contributed by atoms with E-state index in [0.29, 0.717) is 5.57 Å². The third-order valence-electron chi connectivity index (χ3n) is 5.10. The van der Waals surface area contributed by atoms with Gasteiger partial charge >= 0.3 is 0 Å². The molecule has 2 aromatic rings. The second-order valence-electron chi connectivity index (χ2n) is 6.68. The maximum Gasteiger partial charge on any atom is 0.116 e. The average molecular weight is 377 g/mol. The van der Waals surface area contributed by atoms with Gasteiger partial charge in [-0.25, -0.2) is 0 Å². The van der Waals surface area contributed by atoms with Gasteiger partial charge < -0.3 is 10.6 Å². The highest BCUT2D eigenvalue weighted by molar-refractivity contribution is 7.80.